The Morgan fingerprint density at radius 2 is 1.86 bits per heavy atom. The lowest BCUT2D eigenvalue weighted by atomic mass is 10.2. The molecule has 2 heterocycles. The molecule has 6 heteroatoms. The van der Waals surface area contributed by atoms with Gasteiger partial charge in [-0.25, -0.2) is 9.97 Å². The SMILES string of the molecule is CCNCCNc1nc(C)nc2c1c1ccccc1n2-c1ccc(OC)cc1C. The first-order valence-electron chi connectivity index (χ1n) is 10.0. The van der Waals surface area contributed by atoms with E-state index in [9.17, 15) is 0 Å². The minimum atomic E-state index is 0.749. The molecule has 0 bridgehead atoms. The molecule has 4 rings (SSSR count). The molecule has 0 aliphatic carbocycles. The zero-order valence-corrected chi connectivity index (χ0v) is 17.4. The maximum Gasteiger partial charge on any atom is 0.151 e. The number of methoxy groups -OCH3 is 1. The summed E-state index contributed by atoms with van der Waals surface area (Å²) < 4.78 is 7.62. The predicted molar refractivity (Wildman–Crippen MR) is 119 cm³/mol. The van der Waals surface area contributed by atoms with Crippen LogP contribution in [0, 0.1) is 13.8 Å². The molecule has 0 spiro atoms. The molecule has 0 aliphatic heterocycles. The van der Waals surface area contributed by atoms with E-state index in [0.29, 0.717) is 0 Å². The fourth-order valence-corrected chi connectivity index (χ4v) is 3.79. The molecular weight excluding hydrogens is 362 g/mol. The van der Waals surface area contributed by atoms with Crippen molar-refractivity contribution < 1.29 is 4.74 Å². The van der Waals surface area contributed by atoms with E-state index in [4.69, 9.17) is 14.7 Å². The van der Waals surface area contributed by atoms with Crippen LogP contribution >= 0.6 is 0 Å². The van der Waals surface area contributed by atoms with Gasteiger partial charge in [0, 0.05) is 18.5 Å². The molecule has 150 valence electrons. The van der Waals surface area contributed by atoms with Crippen molar-refractivity contribution >= 4 is 27.8 Å². The van der Waals surface area contributed by atoms with Crippen molar-refractivity contribution in [3.05, 3.63) is 53.9 Å². The van der Waals surface area contributed by atoms with Crippen LogP contribution < -0.4 is 15.4 Å². The molecule has 6 nitrogen and oxygen atoms in total. The fraction of sp³-hybridized carbons (Fsp3) is 0.304. The largest absolute Gasteiger partial charge is 0.497 e. The molecule has 29 heavy (non-hydrogen) atoms. The van der Waals surface area contributed by atoms with Crippen LogP contribution in [-0.4, -0.2) is 41.3 Å². The monoisotopic (exact) mass is 389 g/mol. The number of likely N-dealkylation sites (N-methyl/N-ethyl adjacent to an activating group) is 1. The van der Waals surface area contributed by atoms with Crippen LogP contribution in [0.25, 0.3) is 27.6 Å². The summed E-state index contributed by atoms with van der Waals surface area (Å²) >= 11 is 0. The third-order valence-corrected chi connectivity index (χ3v) is 5.12. The average Bonchev–Trinajstić information content (AvgIpc) is 3.05. The Bertz CT molecular complexity index is 1170. The predicted octanol–water partition coefficient (Wildman–Crippen LogP) is 4.22. The minimum Gasteiger partial charge on any atom is -0.497 e. The zero-order valence-electron chi connectivity index (χ0n) is 17.4. The van der Waals surface area contributed by atoms with Crippen molar-refractivity contribution in [2.45, 2.75) is 20.8 Å². The van der Waals surface area contributed by atoms with Crippen LogP contribution in [0.5, 0.6) is 5.75 Å². The molecule has 0 saturated carbocycles. The highest BCUT2D eigenvalue weighted by molar-refractivity contribution is 6.12. The number of para-hydroxylation sites is 1. The van der Waals surface area contributed by atoms with Crippen molar-refractivity contribution in [2.75, 3.05) is 32.1 Å². The number of nitrogens with zero attached hydrogens (tertiary/aromatic N) is 3. The molecule has 2 aromatic carbocycles. The Hall–Kier alpha value is -3.12. The molecular formula is C23H27N5O. The number of aryl methyl sites for hydroxylation is 2. The van der Waals surface area contributed by atoms with Gasteiger partial charge in [-0.15, -0.1) is 0 Å². The van der Waals surface area contributed by atoms with Gasteiger partial charge in [-0.2, -0.15) is 0 Å². The third-order valence-electron chi connectivity index (χ3n) is 5.12. The number of fused-ring (bicyclic) bond motifs is 3. The van der Waals surface area contributed by atoms with E-state index < -0.39 is 0 Å². The van der Waals surface area contributed by atoms with Crippen molar-refractivity contribution in [3.63, 3.8) is 0 Å². The number of anilines is 1. The quantitative estimate of drug-likeness (QED) is 0.463. The first-order valence-corrected chi connectivity index (χ1v) is 10.0. The summed E-state index contributed by atoms with van der Waals surface area (Å²) in [4.78, 5) is 9.57. The molecule has 0 unspecified atom stereocenters. The van der Waals surface area contributed by atoms with E-state index in [2.05, 4.69) is 65.4 Å². The van der Waals surface area contributed by atoms with Gasteiger partial charge in [0.1, 0.15) is 17.4 Å². The summed E-state index contributed by atoms with van der Waals surface area (Å²) in [5.41, 5.74) is 4.25. The second kappa shape index (κ2) is 8.09. The normalized spacial score (nSPS) is 11.3. The lowest BCUT2D eigenvalue weighted by Crippen LogP contribution is -2.22. The van der Waals surface area contributed by atoms with Gasteiger partial charge < -0.3 is 15.4 Å². The van der Waals surface area contributed by atoms with E-state index in [-0.39, 0.29) is 0 Å². The molecule has 0 radical (unpaired) electrons. The van der Waals surface area contributed by atoms with Crippen LogP contribution in [0.3, 0.4) is 0 Å². The minimum absolute atomic E-state index is 0.749. The summed E-state index contributed by atoms with van der Waals surface area (Å²) in [5.74, 6) is 2.48. The lowest BCUT2D eigenvalue weighted by molar-refractivity contribution is 0.414. The maximum absolute atomic E-state index is 5.39. The summed E-state index contributed by atoms with van der Waals surface area (Å²) in [6.07, 6.45) is 0. The molecule has 0 saturated heterocycles. The standard InChI is InChI=1S/C23H27N5O/c1-5-24-12-13-25-22-21-18-8-6-7-9-20(18)28(23(21)27-16(3)26-22)19-11-10-17(29-4)14-15(19)2/h6-11,14,24H,5,12-13H2,1-4H3,(H,25,26,27). The fourth-order valence-electron chi connectivity index (χ4n) is 3.79. The van der Waals surface area contributed by atoms with Gasteiger partial charge in [0.25, 0.3) is 0 Å². The van der Waals surface area contributed by atoms with E-state index in [0.717, 1.165) is 70.2 Å². The Morgan fingerprint density at radius 1 is 1.03 bits per heavy atom. The molecule has 2 aromatic heterocycles. The van der Waals surface area contributed by atoms with Crippen molar-refractivity contribution in [2.24, 2.45) is 0 Å². The van der Waals surface area contributed by atoms with Crippen LogP contribution in [0.15, 0.2) is 42.5 Å². The summed E-state index contributed by atoms with van der Waals surface area (Å²) in [7, 11) is 1.69. The number of hydrogen-bond donors (Lipinski definition) is 2. The highest BCUT2D eigenvalue weighted by Gasteiger charge is 2.19. The lowest BCUT2D eigenvalue weighted by Gasteiger charge is -2.13. The van der Waals surface area contributed by atoms with Crippen molar-refractivity contribution in [1.82, 2.24) is 19.9 Å². The topological polar surface area (TPSA) is 64.0 Å². The van der Waals surface area contributed by atoms with Gasteiger partial charge in [-0.05, 0) is 50.2 Å². The van der Waals surface area contributed by atoms with Crippen LogP contribution in [0.1, 0.15) is 18.3 Å². The molecule has 0 aliphatic rings. The second-order valence-electron chi connectivity index (χ2n) is 7.10. The highest BCUT2D eigenvalue weighted by atomic mass is 16.5. The molecule has 0 amide bonds. The van der Waals surface area contributed by atoms with E-state index >= 15 is 0 Å². The smallest absolute Gasteiger partial charge is 0.151 e. The Kier molecular flexibility index (Phi) is 5.36. The van der Waals surface area contributed by atoms with Gasteiger partial charge in [-0.1, -0.05) is 25.1 Å². The van der Waals surface area contributed by atoms with Gasteiger partial charge in [-0.3, -0.25) is 4.57 Å². The number of rotatable bonds is 7. The van der Waals surface area contributed by atoms with Gasteiger partial charge in [0.2, 0.25) is 0 Å². The molecule has 2 N–H and O–H groups in total. The van der Waals surface area contributed by atoms with Crippen LogP contribution in [0.2, 0.25) is 0 Å². The van der Waals surface area contributed by atoms with Gasteiger partial charge in [0.05, 0.1) is 23.7 Å². The van der Waals surface area contributed by atoms with Gasteiger partial charge >= 0.3 is 0 Å². The van der Waals surface area contributed by atoms with Crippen molar-refractivity contribution in [3.8, 4) is 11.4 Å². The van der Waals surface area contributed by atoms with E-state index in [1.807, 2.05) is 13.0 Å². The molecule has 0 fully saturated rings. The third kappa shape index (κ3) is 3.51. The summed E-state index contributed by atoms with van der Waals surface area (Å²) in [6.45, 7) is 8.80. The number of ether oxygens (including phenoxy) is 1. The highest BCUT2D eigenvalue weighted by Crippen LogP contribution is 2.36. The summed E-state index contributed by atoms with van der Waals surface area (Å²) in [5, 5.41) is 9.05. The number of hydrogen-bond acceptors (Lipinski definition) is 5. The first kappa shape index (κ1) is 19.2. The Morgan fingerprint density at radius 3 is 2.62 bits per heavy atom. The van der Waals surface area contributed by atoms with Gasteiger partial charge in [0.15, 0.2) is 5.65 Å². The number of nitrogens with one attached hydrogen (secondary N) is 2. The molecule has 0 atom stereocenters. The number of aromatic nitrogens is 3. The zero-order chi connectivity index (χ0) is 20.4. The summed E-state index contributed by atoms with van der Waals surface area (Å²) in [6, 6.07) is 14.5. The van der Waals surface area contributed by atoms with E-state index in [1.165, 1.54) is 0 Å². The van der Waals surface area contributed by atoms with E-state index in [1.54, 1.807) is 7.11 Å². The molecule has 4 aromatic rings. The van der Waals surface area contributed by atoms with Crippen LogP contribution in [-0.2, 0) is 0 Å². The Balaban J connectivity index is 1.96. The Labute approximate surface area is 170 Å². The second-order valence-corrected chi connectivity index (χ2v) is 7.10. The van der Waals surface area contributed by atoms with Crippen LogP contribution in [0.4, 0.5) is 5.82 Å². The number of benzene rings is 2. The average molecular weight is 390 g/mol. The van der Waals surface area contributed by atoms with Crippen molar-refractivity contribution in [1.29, 1.82) is 0 Å². The first-order chi connectivity index (χ1) is 14.1. The maximum atomic E-state index is 5.39.